The van der Waals surface area contributed by atoms with Gasteiger partial charge in [-0.2, -0.15) is 0 Å². The lowest BCUT2D eigenvalue weighted by atomic mass is 10.4. The summed E-state index contributed by atoms with van der Waals surface area (Å²) in [6, 6.07) is 0.458. The normalized spacial score (nSPS) is 15.0. The molecule has 0 heterocycles. The van der Waals surface area contributed by atoms with E-state index < -0.39 is 0 Å². The van der Waals surface area contributed by atoms with Gasteiger partial charge in [-0.15, -0.1) is 6.58 Å². The van der Waals surface area contributed by atoms with Crippen LogP contribution in [0.15, 0.2) is 12.7 Å². The molecule has 1 amide bonds. The van der Waals surface area contributed by atoms with Crippen LogP contribution in [0, 0.1) is 0 Å². The van der Waals surface area contributed by atoms with E-state index in [0.717, 1.165) is 19.4 Å². The van der Waals surface area contributed by atoms with Crippen LogP contribution >= 0.6 is 0 Å². The van der Waals surface area contributed by atoms with E-state index >= 15 is 0 Å². The molecule has 0 aromatic carbocycles. The number of hydrogen-bond acceptors (Lipinski definition) is 3. The summed E-state index contributed by atoms with van der Waals surface area (Å²) < 4.78 is 4.89. The molecular weight excluding hydrogens is 192 g/mol. The molecular formula is C11H20N2O2. The second kappa shape index (κ2) is 6.58. The number of methoxy groups -OCH3 is 1. The predicted molar refractivity (Wildman–Crippen MR) is 59.7 cm³/mol. The predicted octanol–water partition coefficient (Wildman–Crippen LogP) is 0.399. The topological polar surface area (TPSA) is 41.6 Å². The molecule has 1 fully saturated rings. The molecule has 1 N–H and O–H groups in total. The minimum Gasteiger partial charge on any atom is -0.383 e. The number of carbonyl (C=O) groups excluding carboxylic acids is 1. The van der Waals surface area contributed by atoms with Crippen LogP contribution in [-0.2, 0) is 9.53 Å². The Kier molecular flexibility index (Phi) is 5.36. The van der Waals surface area contributed by atoms with Crippen LogP contribution in [0.3, 0.4) is 0 Å². The van der Waals surface area contributed by atoms with E-state index in [2.05, 4.69) is 11.9 Å². The SMILES string of the molecule is C=CCN(C(=O)CNCCOC)C1CC1. The summed E-state index contributed by atoms with van der Waals surface area (Å²) in [6.07, 6.45) is 4.06. The molecule has 1 aliphatic rings. The smallest absolute Gasteiger partial charge is 0.237 e. The molecule has 0 atom stereocenters. The van der Waals surface area contributed by atoms with Crippen LogP contribution in [0.25, 0.3) is 0 Å². The molecule has 0 radical (unpaired) electrons. The van der Waals surface area contributed by atoms with Gasteiger partial charge in [0.25, 0.3) is 0 Å². The zero-order valence-electron chi connectivity index (χ0n) is 9.37. The fraction of sp³-hybridized carbons (Fsp3) is 0.727. The van der Waals surface area contributed by atoms with E-state index in [-0.39, 0.29) is 5.91 Å². The summed E-state index contributed by atoms with van der Waals surface area (Å²) in [6.45, 7) is 6.08. The second-order valence-corrected chi connectivity index (χ2v) is 3.74. The first-order valence-corrected chi connectivity index (χ1v) is 5.39. The molecule has 4 heteroatoms. The fourth-order valence-electron chi connectivity index (χ4n) is 1.45. The van der Waals surface area contributed by atoms with Gasteiger partial charge in [-0.3, -0.25) is 4.79 Å². The van der Waals surface area contributed by atoms with Crippen LogP contribution in [0.2, 0.25) is 0 Å². The molecule has 0 saturated heterocycles. The Hall–Kier alpha value is -0.870. The van der Waals surface area contributed by atoms with Gasteiger partial charge in [0.1, 0.15) is 0 Å². The number of nitrogens with zero attached hydrogens (tertiary/aromatic N) is 1. The van der Waals surface area contributed by atoms with Crippen molar-refractivity contribution in [1.29, 1.82) is 0 Å². The van der Waals surface area contributed by atoms with Crippen molar-refractivity contribution in [3.05, 3.63) is 12.7 Å². The molecule has 86 valence electrons. The van der Waals surface area contributed by atoms with Gasteiger partial charge >= 0.3 is 0 Å². The molecule has 1 aliphatic carbocycles. The Morgan fingerprint density at radius 3 is 2.93 bits per heavy atom. The molecule has 1 saturated carbocycles. The number of ether oxygens (including phenoxy) is 1. The van der Waals surface area contributed by atoms with Crippen molar-refractivity contribution in [3.8, 4) is 0 Å². The second-order valence-electron chi connectivity index (χ2n) is 3.74. The van der Waals surface area contributed by atoms with E-state index in [1.54, 1.807) is 13.2 Å². The largest absolute Gasteiger partial charge is 0.383 e. The lowest BCUT2D eigenvalue weighted by Crippen LogP contribution is -2.40. The quantitative estimate of drug-likeness (QED) is 0.468. The van der Waals surface area contributed by atoms with Crippen molar-refractivity contribution in [2.75, 3.05) is 33.4 Å². The van der Waals surface area contributed by atoms with Crippen molar-refractivity contribution in [2.45, 2.75) is 18.9 Å². The van der Waals surface area contributed by atoms with Crippen LogP contribution in [0.4, 0.5) is 0 Å². The minimum absolute atomic E-state index is 0.161. The fourth-order valence-corrected chi connectivity index (χ4v) is 1.45. The molecule has 0 aromatic rings. The molecule has 1 rings (SSSR count). The monoisotopic (exact) mass is 212 g/mol. The molecule has 0 spiro atoms. The van der Waals surface area contributed by atoms with Crippen LogP contribution in [0.5, 0.6) is 0 Å². The maximum Gasteiger partial charge on any atom is 0.237 e. The summed E-state index contributed by atoms with van der Waals surface area (Å²) in [7, 11) is 1.65. The number of amides is 1. The highest BCUT2D eigenvalue weighted by atomic mass is 16.5. The lowest BCUT2D eigenvalue weighted by Gasteiger charge is -2.20. The van der Waals surface area contributed by atoms with Crippen molar-refractivity contribution in [2.24, 2.45) is 0 Å². The van der Waals surface area contributed by atoms with E-state index in [0.29, 0.717) is 25.7 Å². The van der Waals surface area contributed by atoms with Gasteiger partial charge in [-0.05, 0) is 12.8 Å². The molecule has 15 heavy (non-hydrogen) atoms. The summed E-state index contributed by atoms with van der Waals surface area (Å²) >= 11 is 0. The third-order valence-electron chi connectivity index (χ3n) is 2.39. The molecule has 0 aromatic heterocycles. The third-order valence-corrected chi connectivity index (χ3v) is 2.39. The zero-order chi connectivity index (χ0) is 11.1. The highest BCUT2D eigenvalue weighted by Gasteiger charge is 2.31. The number of rotatable bonds is 8. The first-order valence-electron chi connectivity index (χ1n) is 5.39. The standard InChI is InChI=1S/C11H20N2O2/c1-3-7-13(10-4-5-10)11(14)9-12-6-8-15-2/h3,10,12H,1,4-9H2,2H3. The van der Waals surface area contributed by atoms with E-state index in [1.807, 2.05) is 4.90 Å². The molecule has 4 nitrogen and oxygen atoms in total. The summed E-state index contributed by atoms with van der Waals surface area (Å²) in [4.78, 5) is 13.6. The lowest BCUT2D eigenvalue weighted by molar-refractivity contribution is -0.130. The Balaban J connectivity index is 2.20. The van der Waals surface area contributed by atoms with Crippen LogP contribution in [-0.4, -0.2) is 50.2 Å². The Morgan fingerprint density at radius 1 is 1.67 bits per heavy atom. The van der Waals surface area contributed by atoms with E-state index in [4.69, 9.17) is 4.74 Å². The van der Waals surface area contributed by atoms with Gasteiger partial charge in [-0.1, -0.05) is 6.08 Å². The Labute approximate surface area is 91.3 Å². The maximum atomic E-state index is 11.8. The molecule has 0 aliphatic heterocycles. The van der Waals surface area contributed by atoms with E-state index in [1.165, 1.54) is 0 Å². The Morgan fingerprint density at radius 2 is 2.40 bits per heavy atom. The first kappa shape index (κ1) is 12.2. The Bertz CT molecular complexity index is 215. The van der Waals surface area contributed by atoms with Crippen LogP contribution < -0.4 is 5.32 Å². The number of carbonyl (C=O) groups is 1. The average molecular weight is 212 g/mol. The summed E-state index contributed by atoms with van der Waals surface area (Å²) in [5.41, 5.74) is 0. The summed E-state index contributed by atoms with van der Waals surface area (Å²) in [5, 5.41) is 3.06. The third kappa shape index (κ3) is 4.44. The number of nitrogens with one attached hydrogen (secondary N) is 1. The van der Waals surface area contributed by atoms with Gasteiger partial charge < -0.3 is 15.0 Å². The first-order chi connectivity index (χ1) is 7.29. The van der Waals surface area contributed by atoms with Crippen LogP contribution in [0.1, 0.15) is 12.8 Å². The van der Waals surface area contributed by atoms with Gasteiger partial charge in [0.05, 0.1) is 13.2 Å². The maximum absolute atomic E-state index is 11.8. The highest BCUT2D eigenvalue weighted by Crippen LogP contribution is 2.26. The number of hydrogen-bond donors (Lipinski definition) is 1. The van der Waals surface area contributed by atoms with Crippen molar-refractivity contribution in [3.63, 3.8) is 0 Å². The average Bonchev–Trinajstić information content (AvgIpc) is 3.04. The van der Waals surface area contributed by atoms with Gasteiger partial charge in [0, 0.05) is 26.2 Å². The summed E-state index contributed by atoms with van der Waals surface area (Å²) in [5.74, 6) is 0.161. The van der Waals surface area contributed by atoms with Crippen molar-refractivity contribution < 1.29 is 9.53 Å². The van der Waals surface area contributed by atoms with E-state index in [9.17, 15) is 4.79 Å². The van der Waals surface area contributed by atoms with Crippen molar-refractivity contribution in [1.82, 2.24) is 10.2 Å². The van der Waals surface area contributed by atoms with Gasteiger partial charge in [0.15, 0.2) is 0 Å². The zero-order valence-corrected chi connectivity index (χ0v) is 9.37. The minimum atomic E-state index is 0.161. The van der Waals surface area contributed by atoms with Gasteiger partial charge in [0.2, 0.25) is 5.91 Å². The molecule has 0 unspecified atom stereocenters. The highest BCUT2D eigenvalue weighted by molar-refractivity contribution is 5.79. The van der Waals surface area contributed by atoms with Gasteiger partial charge in [-0.25, -0.2) is 0 Å². The van der Waals surface area contributed by atoms with Crippen molar-refractivity contribution >= 4 is 5.91 Å². The molecule has 0 bridgehead atoms.